The number of aliphatic carboxylic acids is 1. The van der Waals surface area contributed by atoms with Gasteiger partial charge in [-0.1, -0.05) is 23.7 Å². The molecule has 0 radical (unpaired) electrons. The number of rotatable bonds is 12. The summed E-state index contributed by atoms with van der Waals surface area (Å²) in [5.74, 6) is -1.84. The summed E-state index contributed by atoms with van der Waals surface area (Å²) in [4.78, 5) is 26.7. The first kappa shape index (κ1) is 29.8. The van der Waals surface area contributed by atoms with E-state index in [2.05, 4.69) is 10.1 Å². The molecule has 0 saturated heterocycles. The van der Waals surface area contributed by atoms with Crippen LogP contribution in [0.2, 0.25) is 5.02 Å². The highest BCUT2D eigenvalue weighted by atomic mass is 35.5. The standard InChI is InChI=1S/C24H28ClF3N2O5S/c1-15-11-20(35-24(26,27)28)18(25)12-19(15)29-21(31)14-30(9-10-34-4)13-16-5-7-17(8-6-16)36-23(2,3)22(32)33/h5-8,11-12H,9-10,13-14H2,1-4H3,(H,29,31)(H,32,33). The van der Waals surface area contributed by atoms with Crippen LogP contribution in [-0.2, 0) is 20.9 Å². The summed E-state index contributed by atoms with van der Waals surface area (Å²) in [5.41, 5.74) is 1.53. The van der Waals surface area contributed by atoms with Gasteiger partial charge in [-0.2, -0.15) is 0 Å². The summed E-state index contributed by atoms with van der Waals surface area (Å²) < 4.78 is 45.6. The van der Waals surface area contributed by atoms with Gasteiger partial charge in [-0.05, 0) is 56.2 Å². The van der Waals surface area contributed by atoms with Crippen LogP contribution in [0.1, 0.15) is 25.0 Å². The van der Waals surface area contributed by atoms with Gasteiger partial charge in [0.2, 0.25) is 5.91 Å². The number of carbonyl (C=O) groups is 2. The Balaban J connectivity index is 2.07. The summed E-state index contributed by atoms with van der Waals surface area (Å²) in [7, 11) is 1.55. The summed E-state index contributed by atoms with van der Waals surface area (Å²) in [6.45, 7) is 6.03. The van der Waals surface area contributed by atoms with E-state index in [1.807, 2.05) is 29.2 Å². The minimum absolute atomic E-state index is 0.0102. The molecule has 198 valence electrons. The van der Waals surface area contributed by atoms with E-state index < -0.39 is 22.8 Å². The molecule has 0 heterocycles. The van der Waals surface area contributed by atoms with Crippen molar-refractivity contribution in [2.75, 3.05) is 32.1 Å². The number of aryl methyl sites for hydroxylation is 1. The molecule has 2 aromatic carbocycles. The third kappa shape index (κ3) is 9.53. The second-order valence-electron chi connectivity index (χ2n) is 8.46. The van der Waals surface area contributed by atoms with Crippen LogP contribution in [0.15, 0.2) is 41.3 Å². The van der Waals surface area contributed by atoms with Crippen LogP contribution in [0.4, 0.5) is 18.9 Å². The number of nitrogens with zero attached hydrogens (tertiary/aromatic N) is 1. The molecule has 0 bridgehead atoms. The van der Waals surface area contributed by atoms with Crippen LogP contribution in [-0.4, -0.2) is 59.8 Å². The van der Waals surface area contributed by atoms with Crippen molar-refractivity contribution >= 4 is 40.9 Å². The van der Waals surface area contributed by atoms with Gasteiger partial charge < -0.3 is 19.9 Å². The number of hydrogen-bond acceptors (Lipinski definition) is 6. The maximum Gasteiger partial charge on any atom is 0.573 e. The third-order valence-electron chi connectivity index (χ3n) is 4.98. The molecule has 12 heteroatoms. The number of alkyl halides is 3. The first-order valence-corrected chi connectivity index (χ1v) is 12.0. The molecule has 0 aliphatic heterocycles. The number of halogens is 4. The largest absolute Gasteiger partial charge is 0.573 e. The van der Waals surface area contributed by atoms with Crippen molar-refractivity contribution in [3.63, 3.8) is 0 Å². The Hall–Kier alpha value is -2.47. The molecule has 0 aliphatic carbocycles. The Morgan fingerprint density at radius 1 is 1.17 bits per heavy atom. The molecule has 36 heavy (non-hydrogen) atoms. The van der Waals surface area contributed by atoms with E-state index in [0.29, 0.717) is 25.3 Å². The molecule has 0 aliphatic rings. The van der Waals surface area contributed by atoms with Crippen molar-refractivity contribution in [3.05, 3.63) is 52.5 Å². The van der Waals surface area contributed by atoms with Crippen LogP contribution in [0, 0.1) is 6.92 Å². The van der Waals surface area contributed by atoms with E-state index in [1.165, 1.54) is 24.8 Å². The number of carboxylic acid groups (broad SMARTS) is 1. The molecule has 0 spiro atoms. The summed E-state index contributed by atoms with van der Waals surface area (Å²) in [6, 6.07) is 9.70. The minimum atomic E-state index is -4.88. The predicted molar refractivity (Wildman–Crippen MR) is 133 cm³/mol. The zero-order valence-electron chi connectivity index (χ0n) is 20.2. The fourth-order valence-electron chi connectivity index (χ4n) is 3.08. The van der Waals surface area contributed by atoms with Gasteiger partial charge in [0, 0.05) is 30.8 Å². The first-order valence-electron chi connectivity index (χ1n) is 10.8. The smallest absolute Gasteiger partial charge is 0.480 e. The molecule has 2 N–H and O–H groups in total. The van der Waals surface area contributed by atoms with Crippen molar-refractivity contribution in [1.29, 1.82) is 0 Å². The summed E-state index contributed by atoms with van der Waals surface area (Å²) in [5, 5.41) is 11.7. The number of methoxy groups -OCH3 is 1. The van der Waals surface area contributed by atoms with Crippen LogP contribution >= 0.6 is 23.4 Å². The van der Waals surface area contributed by atoms with E-state index >= 15 is 0 Å². The van der Waals surface area contributed by atoms with Gasteiger partial charge in [0.15, 0.2) is 0 Å². The highest BCUT2D eigenvalue weighted by Gasteiger charge is 2.32. The molecule has 1 amide bonds. The summed E-state index contributed by atoms with van der Waals surface area (Å²) >= 11 is 7.14. The highest BCUT2D eigenvalue weighted by molar-refractivity contribution is 8.01. The van der Waals surface area contributed by atoms with Crippen molar-refractivity contribution in [2.45, 2.75) is 43.3 Å². The van der Waals surface area contributed by atoms with Crippen LogP contribution in [0.3, 0.4) is 0 Å². The van der Waals surface area contributed by atoms with Crippen molar-refractivity contribution in [2.24, 2.45) is 0 Å². The van der Waals surface area contributed by atoms with Gasteiger partial charge in [0.05, 0.1) is 18.2 Å². The maximum absolute atomic E-state index is 12.7. The van der Waals surface area contributed by atoms with Gasteiger partial charge in [-0.25, -0.2) is 0 Å². The van der Waals surface area contributed by atoms with Crippen molar-refractivity contribution in [3.8, 4) is 5.75 Å². The number of thioether (sulfide) groups is 1. The number of carbonyl (C=O) groups excluding carboxylic acids is 1. The number of ether oxygens (including phenoxy) is 2. The van der Waals surface area contributed by atoms with Crippen molar-refractivity contribution in [1.82, 2.24) is 4.90 Å². The lowest BCUT2D eigenvalue weighted by atomic mass is 10.2. The lowest BCUT2D eigenvalue weighted by Gasteiger charge is -2.22. The van der Waals surface area contributed by atoms with E-state index in [1.54, 1.807) is 21.0 Å². The molecular weight excluding hydrogens is 521 g/mol. The Labute approximate surface area is 216 Å². The molecule has 7 nitrogen and oxygen atoms in total. The second-order valence-corrected chi connectivity index (χ2v) is 10.6. The Kier molecular flexibility index (Phi) is 10.5. The van der Waals surface area contributed by atoms with Gasteiger partial charge in [0.25, 0.3) is 0 Å². The second kappa shape index (κ2) is 12.7. The van der Waals surface area contributed by atoms with Crippen LogP contribution < -0.4 is 10.1 Å². The monoisotopic (exact) mass is 548 g/mol. The van der Waals surface area contributed by atoms with E-state index in [0.717, 1.165) is 16.5 Å². The molecule has 0 fully saturated rings. The summed E-state index contributed by atoms with van der Waals surface area (Å²) in [6.07, 6.45) is -4.88. The average molecular weight is 549 g/mol. The van der Waals surface area contributed by atoms with E-state index in [-0.39, 0.29) is 23.2 Å². The van der Waals surface area contributed by atoms with Gasteiger partial charge in [-0.3, -0.25) is 14.5 Å². The van der Waals surface area contributed by atoms with Crippen LogP contribution in [0.25, 0.3) is 0 Å². The molecule has 0 aromatic heterocycles. The number of anilines is 1. The maximum atomic E-state index is 12.7. The highest BCUT2D eigenvalue weighted by Crippen LogP contribution is 2.35. The van der Waals surface area contributed by atoms with E-state index in [4.69, 9.17) is 16.3 Å². The molecule has 0 saturated carbocycles. The predicted octanol–water partition coefficient (Wildman–Crippen LogP) is 5.59. The first-order chi connectivity index (χ1) is 16.7. The molecule has 0 unspecified atom stereocenters. The van der Waals surface area contributed by atoms with Gasteiger partial charge in [-0.15, -0.1) is 24.9 Å². The number of carboxylic acids is 1. The van der Waals surface area contributed by atoms with Crippen LogP contribution in [0.5, 0.6) is 5.75 Å². The van der Waals surface area contributed by atoms with Gasteiger partial charge >= 0.3 is 12.3 Å². The lowest BCUT2D eigenvalue weighted by Crippen LogP contribution is -2.35. The fourth-order valence-corrected chi connectivity index (χ4v) is 4.23. The Morgan fingerprint density at radius 2 is 1.81 bits per heavy atom. The number of benzene rings is 2. The van der Waals surface area contributed by atoms with Gasteiger partial charge in [0.1, 0.15) is 10.5 Å². The zero-order chi connectivity index (χ0) is 27.1. The Morgan fingerprint density at radius 3 is 2.36 bits per heavy atom. The SMILES string of the molecule is COCCN(CC(=O)Nc1cc(Cl)c(OC(F)(F)F)cc1C)Cc1ccc(SC(C)(C)C(=O)O)cc1. The molecule has 2 rings (SSSR count). The number of hydrogen-bond donors (Lipinski definition) is 2. The minimum Gasteiger partial charge on any atom is -0.480 e. The van der Waals surface area contributed by atoms with E-state index in [9.17, 15) is 27.9 Å². The molecule has 0 atom stereocenters. The third-order valence-corrected chi connectivity index (χ3v) is 6.46. The lowest BCUT2D eigenvalue weighted by molar-refractivity contribution is -0.274. The number of nitrogens with one attached hydrogen (secondary N) is 1. The molecular formula is C24H28ClF3N2O5S. The number of amides is 1. The quantitative estimate of drug-likeness (QED) is 0.334. The average Bonchev–Trinajstić information content (AvgIpc) is 2.75. The zero-order valence-corrected chi connectivity index (χ0v) is 21.8. The normalized spacial score (nSPS) is 12.0. The molecule has 2 aromatic rings. The topological polar surface area (TPSA) is 88.1 Å². The Bertz CT molecular complexity index is 1060. The van der Waals surface area contributed by atoms with Crippen molar-refractivity contribution < 1.29 is 37.3 Å². The fraction of sp³-hybridized carbons (Fsp3) is 0.417.